The maximum Gasteiger partial charge on any atom is 0.237 e. The highest BCUT2D eigenvalue weighted by molar-refractivity contribution is 9.47. The van der Waals surface area contributed by atoms with Crippen LogP contribution in [0.4, 0.5) is 0 Å². The van der Waals surface area contributed by atoms with Crippen LogP contribution in [-0.4, -0.2) is 16.8 Å². The number of benzene rings is 2. The van der Waals surface area contributed by atoms with Crippen LogP contribution in [0.3, 0.4) is 0 Å². The molecular formula is C10H6Br2O4S2. The average Bonchev–Trinajstić information content (AvgIpc) is 2.25. The minimum absolute atomic E-state index is 0.129. The van der Waals surface area contributed by atoms with Crippen LogP contribution in [0.1, 0.15) is 0 Å². The molecule has 2 aromatic carbocycles. The summed E-state index contributed by atoms with van der Waals surface area (Å²) in [6, 6.07) is 8.90. The van der Waals surface area contributed by atoms with E-state index in [4.69, 9.17) is 0 Å². The molecule has 0 radical (unpaired) electrons. The quantitative estimate of drug-likeness (QED) is 0.709. The van der Waals surface area contributed by atoms with Gasteiger partial charge in [0.1, 0.15) is 0 Å². The van der Waals surface area contributed by atoms with Crippen molar-refractivity contribution in [1.82, 2.24) is 0 Å². The van der Waals surface area contributed by atoms with Crippen LogP contribution < -0.4 is 0 Å². The van der Waals surface area contributed by atoms with Crippen molar-refractivity contribution < 1.29 is 16.8 Å². The molecule has 0 amide bonds. The van der Waals surface area contributed by atoms with E-state index in [0.717, 1.165) is 0 Å². The molecule has 0 heterocycles. The van der Waals surface area contributed by atoms with Gasteiger partial charge in [0.15, 0.2) is 0 Å². The molecule has 2 rings (SSSR count). The zero-order chi connectivity index (χ0) is 13.6. The lowest BCUT2D eigenvalue weighted by Gasteiger charge is -2.03. The molecule has 0 aromatic heterocycles. The van der Waals surface area contributed by atoms with Crippen molar-refractivity contribution in [2.24, 2.45) is 0 Å². The Bertz CT molecular complexity index is 755. The second-order valence-electron chi connectivity index (χ2n) is 3.55. The third-order valence-corrected chi connectivity index (χ3v) is 6.22. The van der Waals surface area contributed by atoms with E-state index in [0.29, 0.717) is 10.8 Å². The number of fused-ring (bicyclic) bond motifs is 1. The van der Waals surface area contributed by atoms with Gasteiger partial charge in [0.2, 0.25) is 16.5 Å². The van der Waals surface area contributed by atoms with Gasteiger partial charge in [-0.15, -0.1) is 0 Å². The Hall–Kier alpha value is -0.440. The summed E-state index contributed by atoms with van der Waals surface area (Å²) < 4.78 is 45.3. The van der Waals surface area contributed by atoms with E-state index in [2.05, 4.69) is 29.6 Å². The standard InChI is InChI=1S/C10H6Br2O4S2/c11-17(13,14)9-3-1-7-5-10(18(12,15)16)4-2-8(7)6-9/h1-6H. The van der Waals surface area contributed by atoms with Crippen molar-refractivity contribution in [3.63, 3.8) is 0 Å². The zero-order valence-electron chi connectivity index (χ0n) is 8.67. The second kappa shape index (κ2) is 4.59. The van der Waals surface area contributed by atoms with E-state index in [1.54, 1.807) is 12.1 Å². The van der Waals surface area contributed by atoms with E-state index in [1.165, 1.54) is 24.3 Å². The van der Waals surface area contributed by atoms with Crippen LogP contribution in [-0.2, 0) is 16.5 Å². The molecule has 4 nitrogen and oxygen atoms in total. The third kappa shape index (κ3) is 2.93. The first-order valence-corrected chi connectivity index (χ1v) is 11.3. The lowest BCUT2D eigenvalue weighted by Crippen LogP contribution is -1.92. The van der Waals surface area contributed by atoms with Crippen molar-refractivity contribution in [3.8, 4) is 0 Å². The van der Waals surface area contributed by atoms with Crippen LogP contribution in [0.25, 0.3) is 10.8 Å². The number of hydrogen-bond acceptors (Lipinski definition) is 4. The smallest absolute Gasteiger partial charge is 0.212 e. The molecule has 0 unspecified atom stereocenters. The Labute approximate surface area is 119 Å². The lowest BCUT2D eigenvalue weighted by molar-refractivity contribution is 0.609. The Balaban J connectivity index is 2.70. The van der Waals surface area contributed by atoms with E-state index in [-0.39, 0.29) is 9.79 Å². The molecule has 8 heteroatoms. The summed E-state index contributed by atoms with van der Waals surface area (Å²) in [5.74, 6) is 0. The maximum absolute atomic E-state index is 11.3. The molecule has 0 saturated heterocycles. The molecule has 96 valence electrons. The van der Waals surface area contributed by atoms with Gasteiger partial charge in [-0.25, -0.2) is 16.8 Å². The Morgan fingerprint density at radius 2 is 1.00 bits per heavy atom. The summed E-state index contributed by atoms with van der Waals surface area (Å²) in [5, 5.41) is 1.30. The molecule has 0 aliphatic heterocycles. The molecule has 0 aliphatic carbocycles. The van der Waals surface area contributed by atoms with Gasteiger partial charge >= 0.3 is 0 Å². The summed E-state index contributed by atoms with van der Waals surface area (Å²) in [7, 11) is -6.90. The minimum Gasteiger partial charge on any atom is -0.212 e. The van der Waals surface area contributed by atoms with E-state index in [9.17, 15) is 16.8 Å². The molecule has 18 heavy (non-hydrogen) atoms. The average molecular weight is 414 g/mol. The van der Waals surface area contributed by atoms with Crippen LogP contribution in [0.2, 0.25) is 0 Å². The summed E-state index contributed by atoms with van der Waals surface area (Å²) in [6.45, 7) is 0. The van der Waals surface area contributed by atoms with Crippen LogP contribution in [0.15, 0.2) is 46.2 Å². The fraction of sp³-hybridized carbons (Fsp3) is 0. The largest absolute Gasteiger partial charge is 0.237 e. The van der Waals surface area contributed by atoms with Crippen LogP contribution in [0, 0.1) is 0 Å². The molecular weight excluding hydrogens is 408 g/mol. The topological polar surface area (TPSA) is 68.3 Å². The number of hydrogen-bond donors (Lipinski definition) is 0. The molecule has 0 spiro atoms. The van der Waals surface area contributed by atoms with E-state index in [1.807, 2.05) is 0 Å². The van der Waals surface area contributed by atoms with Gasteiger partial charge in [0, 0.05) is 0 Å². The van der Waals surface area contributed by atoms with E-state index >= 15 is 0 Å². The predicted octanol–water partition coefficient (Wildman–Crippen LogP) is 3.01. The Kier molecular flexibility index (Phi) is 3.56. The van der Waals surface area contributed by atoms with Crippen molar-refractivity contribution in [2.75, 3.05) is 0 Å². The first-order chi connectivity index (χ1) is 8.18. The molecule has 0 saturated carbocycles. The van der Waals surface area contributed by atoms with Gasteiger partial charge < -0.3 is 0 Å². The molecule has 0 N–H and O–H groups in total. The van der Waals surface area contributed by atoms with E-state index < -0.39 is 16.5 Å². The zero-order valence-corrected chi connectivity index (χ0v) is 13.5. The van der Waals surface area contributed by atoms with Crippen molar-refractivity contribution >= 4 is 56.9 Å². The second-order valence-corrected chi connectivity index (χ2v) is 11.4. The molecule has 0 atom stereocenters. The molecule has 0 fully saturated rings. The van der Waals surface area contributed by atoms with Gasteiger partial charge in [-0.1, -0.05) is 12.1 Å². The lowest BCUT2D eigenvalue weighted by atomic mass is 10.1. The van der Waals surface area contributed by atoms with Gasteiger partial charge in [0.05, 0.1) is 39.4 Å². The third-order valence-electron chi connectivity index (χ3n) is 2.35. The van der Waals surface area contributed by atoms with Crippen LogP contribution in [0.5, 0.6) is 0 Å². The fourth-order valence-corrected chi connectivity index (χ4v) is 3.71. The Morgan fingerprint density at radius 1 is 0.667 bits per heavy atom. The summed E-state index contributed by atoms with van der Waals surface area (Å²) in [5.41, 5.74) is 0. The van der Waals surface area contributed by atoms with Gasteiger partial charge in [0.25, 0.3) is 0 Å². The summed E-state index contributed by atoms with van der Waals surface area (Å²) >= 11 is 5.17. The van der Waals surface area contributed by atoms with Crippen molar-refractivity contribution in [1.29, 1.82) is 0 Å². The summed E-state index contributed by atoms with van der Waals surface area (Å²) in [6.07, 6.45) is 0. The minimum atomic E-state index is -3.45. The van der Waals surface area contributed by atoms with Gasteiger partial charge in [-0.05, 0) is 35.0 Å². The van der Waals surface area contributed by atoms with Gasteiger partial charge in [-0.3, -0.25) is 0 Å². The highest BCUT2D eigenvalue weighted by Gasteiger charge is 2.12. The van der Waals surface area contributed by atoms with Crippen LogP contribution >= 0.6 is 29.6 Å². The monoisotopic (exact) mass is 412 g/mol. The molecule has 2 aromatic rings. The SMILES string of the molecule is O=S(=O)(Br)c1ccc2cc(S(=O)(=O)Br)ccc2c1. The highest BCUT2D eigenvalue weighted by atomic mass is 79.9. The molecule has 0 bridgehead atoms. The van der Waals surface area contributed by atoms with Gasteiger partial charge in [-0.2, -0.15) is 0 Å². The number of rotatable bonds is 2. The fourth-order valence-electron chi connectivity index (χ4n) is 1.51. The predicted molar refractivity (Wildman–Crippen MR) is 76.2 cm³/mol. The maximum atomic E-state index is 11.3. The normalized spacial score (nSPS) is 12.8. The molecule has 0 aliphatic rings. The first kappa shape index (κ1) is 14.0. The highest BCUT2D eigenvalue weighted by Crippen LogP contribution is 2.26. The first-order valence-electron chi connectivity index (χ1n) is 4.61. The Morgan fingerprint density at radius 3 is 1.28 bits per heavy atom. The summed E-state index contributed by atoms with van der Waals surface area (Å²) in [4.78, 5) is 0.258. The van der Waals surface area contributed by atoms with Crippen molar-refractivity contribution in [2.45, 2.75) is 9.79 Å². The van der Waals surface area contributed by atoms with Crippen molar-refractivity contribution in [3.05, 3.63) is 36.4 Å². The number of halogens is 2.